The minimum absolute atomic E-state index is 0.120. The lowest BCUT2D eigenvalue weighted by molar-refractivity contribution is -0.116. The van der Waals surface area contributed by atoms with Gasteiger partial charge in [-0.15, -0.1) is 10.2 Å². The van der Waals surface area contributed by atoms with Gasteiger partial charge in [0.05, 0.1) is 12.9 Å². The van der Waals surface area contributed by atoms with Gasteiger partial charge in [-0.1, -0.05) is 65.2 Å². The molecule has 29 heavy (non-hydrogen) atoms. The highest BCUT2D eigenvalue weighted by molar-refractivity contribution is 8.03. The van der Waals surface area contributed by atoms with E-state index in [0.717, 1.165) is 32.3 Å². The van der Waals surface area contributed by atoms with Crippen molar-refractivity contribution in [3.05, 3.63) is 59.7 Å². The number of methoxy groups -OCH3 is 1. The van der Waals surface area contributed by atoms with Crippen LogP contribution >= 0.6 is 34.9 Å². The van der Waals surface area contributed by atoms with Crippen LogP contribution in [-0.2, 0) is 17.0 Å². The van der Waals surface area contributed by atoms with E-state index in [0.29, 0.717) is 5.75 Å². The van der Waals surface area contributed by atoms with Crippen LogP contribution in [0.1, 0.15) is 18.1 Å². The van der Waals surface area contributed by atoms with Crippen LogP contribution in [0.15, 0.2) is 57.2 Å². The second-order valence-corrected chi connectivity index (χ2v) is 10.1. The van der Waals surface area contributed by atoms with Gasteiger partial charge in [-0.25, -0.2) is 0 Å². The van der Waals surface area contributed by atoms with Gasteiger partial charge in [0.15, 0.2) is 8.68 Å². The molecule has 0 spiro atoms. The van der Waals surface area contributed by atoms with Gasteiger partial charge in [0, 0.05) is 17.5 Å². The summed E-state index contributed by atoms with van der Waals surface area (Å²) in [4.78, 5) is 14.7. The van der Waals surface area contributed by atoms with Gasteiger partial charge < -0.3 is 9.64 Å². The smallest absolute Gasteiger partial charge is 0.237 e. The largest absolute Gasteiger partial charge is 0.497 e. The van der Waals surface area contributed by atoms with Crippen LogP contribution in [0.3, 0.4) is 0 Å². The summed E-state index contributed by atoms with van der Waals surface area (Å²) in [5.41, 5.74) is 3.49. The number of fused-ring (bicyclic) bond motifs is 1. The monoisotopic (exact) mass is 443 g/mol. The standard InChI is InChI=1S/C21H21N3O2S3/c1-14-11-16-5-3-4-6-18(16)24(14)19(25)13-28-21-23-22-20(29-21)27-12-15-7-9-17(26-2)10-8-15/h3-10,14H,11-13H2,1-2H3. The summed E-state index contributed by atoms with van der Waals surface area (Å²) >= 11 is 4.66. The van der Waals surface area contributed by atoms with E-state index in [-0.39, 0.29) is 11.9 Å². The van der Waals surface area contributed by atoms with Crippen molar-refractivity contribution in [3.63, 3.8) is 0 Å². The number of aromatic nitrogens is 2. The van der Waals surface area contributed by atoms with Crippen LogP contribution in [0.25, 0.3) is 0 Å². The van der Waals surface area contributed by atoms with Gasteiger partial charge in [0.1, 0.15) is 5.75 Å². The third kappa shape index (κ3) is 4.76. The molecule has 2 aromatic carbocycles. The Morgan fingerprint density at radius 2 is 1.86 bits per heavy atom. The summed E-state index contributed by atoms with van der Waals surface area (Å²) in [5, 5.41) is 8.49. The summed E-state index contributed by atoms with van der Waals surface area (Å²) in [7, 11) is 1.66. The Balaban J connectivity index is 1.30. The highest BCUT2D eigenvalue weighted by Gasteiger charge is 2.30. The third-order valence-corrected chi connectivity index (χ3v) is 7.95. The van der Waals surface area contributed by atoms with Crippen molar-refractivity contribution in [2.75, 3.05) is 17.8 Å². The van der Waals surface area contributed by atoms with Crippen LogP contribution in [0, 0.1) is 0 Å². The Labute approximate surface area is 182 Å². The lowest BCUT2D eigenvalue weighted by Gasteiger charge is -2.22. The molecule has 8 heteroatoms. The molecule has 1 amide bonds. The van der Waals surface area contributed by atoms with Gasteiger partial charge >= 0.3 is 0 Å². The molecular formula is C21H21N3O2S3. The second kappa shape index (κ2) is 9.19. The maximum atomic E-state index is 12.8. The molecule has 3 aromatic rings. The maximum Gasteiger partial charge on any atom is 0.237 e. The van der Waals surface area contributed by atoms with E-state index in [9.17, 15) is 4.79 Å². The van der Waals surface area contributed by atoms with E-state index in [1.54, 1.807) is 18.9 Å². The number of carbonyl (C=O) groups is 1. The molecule has 2 heterocycles. The first-order valence-electron chi connectivity index (χ1n) is 9.26. The average molecular weight is 444 g/mol. The van der Waals surface area contributed by atoms with Crippen LogP contribution in [-0.4, -0.2) is 35.0 Å². The van der Waals surface area contributed by atoms with E-state index < -0.39 is 0 Å². The average Bonchev–Trinajstić information content (AvgIpc) is 3.34. The molecule has 0 N–H and O–H groups in total. The van der Waals surface area contributed by atoms with Crippen molar-refractivity contribution >= 4 is 46.5 Å². The number of ether oxygens (including phenoxy) is 1. The van der Waals surface area contributed by atoms with Gasteiger partial charge in [0.2, 0.25) is 5.91 Å². The van der Waals surface area contributed by atoms with E-state index in [2.05, 4.69) is 35.3 Å². The molecule has 1 unspecified atom stereocenters. The van der Waals surface area contributed by atoms with Crippen LogP contribution in [0.4, 0.5) is 5.69 Å². The molecular weight excluding hydrogens is 422 g/mol. The number of amides is 1. The molecule has 0 bridgehead atoms. The Hall–Kier alpha value is -2.03. The predicted molar refractivity (Wildman–Crippen MR) is 120 cm³/mol. The number of para-hydroxylation sites is 1. The summed E-state index contributed by atoms with van der Waals surface area (Å²) in [6.45, 7) is 2.10. The Kier molecular flexibility index (Phi) is 6.42. The normalized spacial score (nSPS) is 15.4. The lowest BCUT2D eigenvalue weighted by Crippen LogP contribution is -2.36. The third-order valence-electron chi connectivity index (χ3n) is 4.70. The fourth-order valence-corrected chi connectivity index (χ4v) is 6.15. The van der Waals surface area contributed by atoms with Gasteiger partial charge in [-0.2, -0.15) is 0 Å². The van der Waals surface area contributed by atoms with Crippen molar-refractivity contribution in [3.8, 4) is 5.75 Å². The van der Waals surface area contributed by atoms with Crippen molar-refractivity contribution in [1.29, 1.82) is 0 Å². The molecule has 1 aliphatic rings. The quantitative estimate of drug-likeness (QED) is 0.484. The molecule has 5 nitrogen and oxygen atoms in total. The molecule has 1 aromatic heterocycles. The maximum absolute atomic E-state index is 12.8. The van der Waals surface area contributed by atoms with Crippen molar-refractivity contribution in [2.45, 2.75) is 33.8 Å². The number of carbonyl (C=O) groups excluding carboxylic acids is 1. The lowest BCUT2D eigenvalue weighted by atomic mass is 10.1. The van der Waals surface area contributed by atoms with E-state index >= 15 is 0 Å². The minimum Gasteiger partial charge on any atom is -0.497 e. The Morgan fingerprint density at radius 3 is 2.62 bits per heavy atom. The summed E-state index contributed by atoms with van der Waals surface area (Å²) in [6, 6.07) is 16.4. The number of hydrogen-bond donors (Lipinski definition) is 0. The molecule has 0 aliphatic carbocycles. The van der Waals surface area contributed by atoms with Gasteiger partial charge in [-0.3, -0.25) is 4.79 Å². The SMILES string of the molecule is COc1ccc(CSc2nnc(SCC(=O)N3c4ccccc4CC3C)s2)cc1. The van der Waals surface area contributed by atoms with E-state index in [4.69, 9.17) is 4.74 Å². The van der Waals surface area contributed by atoms with E-state index in [1.165, 1.54) is 34.2 Å². The molecule has 0 radical (unpaired) electrons. The zero-order chi connectivity index (χ0) is 20.2. The minimum atomic E-state index is 0.120. The fourth-order valence-electron chi connectivity index (χ4n) is 3.32. The Morgan fingerprint density at radius 1 is 1.14 bits per heavy atom. The summed E-state index contributed by atoms with van der Waals surface area (Å²) in [5.74, 6) is 2.17. The van der Waals surface area contributed by atoms with Gasteiger partial charge in [-0.05, 0) is 42.7 Å². The summed E-state index contributed by atoms with van der Waals surface area (Å²) in [6.07, 6.45) is 0.914. The van der Waals surface area contributed by atoms with Crippen LogP contribution in [0.5, 0.6) is 5.75 Å². The van der Waals surface area contributed by atoms with Crippen molar-refractivity contribution < 1.29 is 9.53 Å². The van der Waals surface area contributed by atoms with Crippen molar-refractivity contribution in [2.24, 2.45) is 0 Å². The number of benzene rings is 2. The van der Waals surface area contributed by atoms with Crippen molar-refractivity contribution in [1.82, 2.24) is 10.2 Å². The topological polar surface area (TPSA) is 55.3 Å². The number of anilines is 1. The molecule has 0 saturated heterocycles. The van der Waals surface area contributed by atoms with Crippen LogP contribution in [0.2, 0.25) is 0 Å². The second-order valence-electron chi connectivity index (χ2n) is 6.70. The van der Waals surface area contributed by atoms with E-state index in [1.807, 2.05) is 35.2 Å². The van der Waals surface area contributed by atoms with Crippen LogP contribution < -0.4 is 9.64 Å². The molecule has 150 valence electrons. The number of thioether (sulfide) groups is 2. The Bertz CT molecular complexity index is 991. The first-order chi connectivity index (χ1) is 14.1. The first kappa shape index (κ1) is 20.3. The summed E-state index contributed by atoms with van der Waals surface area (Å²) < 4.78 is 6.93. The molecule has 4 rings (SSSR count). The fraction of sp³-hybridized carbons (Fsp3) is 0.286. The zero-order valence-corrected chi connectivity index (χ0v) is 18.6. The molecule has 0 saturated carbocycles. The first-order valence-corrected chi connectivity index (χ1v) is 12.0. The molecule has 1 aliphatic heterocycles. The van der Waals surface area contributed by atoms with Gasteiger partial charge in [0.25, 0.3) is 0 Å². The molecule has 0 fully saturated rings. The number of nitrogens with zero attached hydrogens (tertiary/aromatic N) is 3. The molecule has 1 atom stereocenters. The number of rotatable bonds is 7. The number of hydrogen-bond acceptors (Lipinski definition) is 7. The zero-order valence-electron chi connectivity index (χ0n) is 16.2. The highest BCUT2D eigenvalue weighted by atomic mass is 32.2. The highest BCUT2D eigenvalue weighted by Crippen LogP contribution is 2.34. The predicted octanol–water partition coefficient (Wildman–Crippen LogP) is 4.91.